The smallest absolute Gasteiger partial charge is 0.231 e. The molecular formula is C15H21N3O2. The Kier molecular flexibility index (Phi) is 4.39. The molecule has 0 amide bonds. The first kappa shape index (κ1) is 14.5. The molecule has 0 spiro atoms. The third-order valence-electron chi connectivity index (χ3n) is 3.66. The van der Waals surface area contributed by atoms with Gasteiger partial charge in [0.2, 0.25) is 5.89 Å². The van der Waals surface area contributed by atoms with Crippen molar-refractivity contribution >= 4 is 0 Å². The number of benzene rings is 1. The van der Waals surface area contributed by atoms with Crippen molar-refractivity contribution in [2.24, 2.45) is 5.73 Å². The zero-order valence-corrected chi connectivity index (χ0v) is 12.2. The number of ether oxygens (including phenoxy) is 1. The molecule has 2 N–H and O–H groups in total. The summed E-state index contributed by atoms with van der Waals surface area (Å²) in [4.78, 5) is 4.43. The average molecular weight is 275 g/mol. The number of hydrogen-bond acceptors (Lipinski definition) is 5. The first-order valence-electron chi connectivity index (χ1n) is 6.86. The monoisotopic (exact) mass is 275 g/mol. The van der Waals surface area contributed by atoms with Crippen LogP contribution in [0.5, 0.6) is 5.75 Å². The Morgan fingerprint density at radius 1 is 1.30 bits per heavy atom. The molecule has 5 heteroatoms. The second kappa shape index (κ2) is 6.05. The highest BCUT2D eigenvalue weighted by atomic mass is 16.5. The van der Waals surface area contributed by atoms with Gasteiger partial charge in [-0.25, -0.2) is 0 Å². The van der Waals surface area contributed by atoms with Gasteiger partial charge in [-0.3, -0.25) is 0 Å². The van der Waals surface area contributed by atoms with E-state index in [0.29, 0.717) is 18.1 Å². The fourth-order valence-corrected chi connectivity index (χ4v) is 2.05. The molecule has 1 aromatic heterocycles. The molecule has 0 aliphatic heterocycles. The summed E-state index contributed by atoms with van der Waals surface area (Å²) in [5.74, 6) is 1.97. The summed E-state index contributed by atoms with van der Waals surface area (Å²) in [7, 11) is 1.65. The summed E-state index contributed by atoms with van der Waals surface area (Å²) in [5.41, 5.74) is 6.83. The average Bonchev–Trinajstić information content (AvgIpc) is 2.95. The molecule has 0 aliphatic rings. The van der Waals surface area contributed by atoms with Crippen molar-refractivity contribution in [2.45, 2.75) is 38.6 Å². The Hall–Kier alpha value is -1.88. The van der Waals surface area contributed by atoms with Gasteiger partial charge in [0.15, 0.2) is 5.82 Å². The van der Waals surface area contributed by atoms with Gasteiger partial charge < -0.3 is 15.0 Å². The van der Waals surface area contributed by atoms with E-state index in [4.69, 9.17) is 15.0 Å². The molecule has 0 saturated carbocycles. The maximum Gasteiger partial charge on any atom is 0.231 e. The largest absolute Gasteiger partial charge is 0.497 e. The molecule has 0 atom stereocenters. The molecule has 2 aromatic rings. The lowest BCUT2D eigenvalue weighted by atomic mass is 9.93. The Balaban J connectivity index is 2.17. The van der Waals surface area contributed by atoms with E-state index in [1.807, 2.05) is 38.1 Å². The van der Waals surface area contributed by atoms with E-state index < -0.39 is 5.54 Å². The zero-order chi connectivity index (χ0) is 14.6. The van der Waals surface area contributed by atoms with Crippen LogP contribution in [0.3, 0.4) is 0 Å². The normalized spacial score (nSPS) is 11.6. The fraction of sp³-hybridized carbons (Fsp3) is 0.467. The van der Waals surface area contributed by atoms with Gasteiger partial charge in [-0.1, -0.05) is 31.1 Å². The number of rotatable bonds is 6. The van der Waals surface area contributed by atoms with Crippen LogP contribution in [-0.4, -0.2) is 17.3 Å². The van der Waals surface area contributed by atoms with Gasteiger partial charge in [0.1, 0.15) is 5.75 Å². The van der Waals surface area contributed by atoms with Crippen molar-refractivity contribution < 1.29 is 9.26 Å². The lowest BCUT2D eigenvalue weighted by molar-refractivity contribution is 0.337. The van der Waals surface area contributed by atoms with E-state index in [1.54, 1.807) is 7.11 Å². The standard InChI is InChI=1S/C15H21N3O2/c1-4-15(16,5-2)14-17-13(20-18-14)10-11-7-6-8-12(9-11)19-3/h6-9H,4-5,10,16H2,1-3H3. The Morgan fingerprint density at radius 2 is 2.05 bits per heavy atom. The third-order valence-corrected chi connectivity index (χ3v) is 3.66. The Labute approximate surface area is 119 Å². The molecule has 2 rings (SSSR count). The molecule has 0 fully saturated rings. The number of nitrogens with zero attached hydrogens (tertiary/aromatic N) is 2. The van der Waals surface area contributed by atoms with Crippen molar-refractivity contribution in [3.63, 3.8) is 0 Å². The van der Waals surface area contributed by atoms with Crippen LogP contribution in [0, 0.1) is 0 Å². The number of aromatic nitrogens is 2. The van der Waals surface area contributed by atoms with Gasteiger partial charge in [0.05, 0.1) is 19.1 Å². The summed E-state index contributed by atoms with van der Waals surface area (Å²) in [6.45, 7) is 4.06. The van der Waals surface area contributed by atoms with Gasteiger partial charge in [0.25, 0.3) is 0 Å². The molecule has 0 radical (unpaired) electrons. The number of hydrogen-bond donors (Lipinski definition) is 1. The summed E-state index contributed by atoms with van der Waals surface area (Å²) in [6, 6.07) is 7.81. The molecule has 0 aliphatic carbocycles. The van der Waals surface area contributed by atoms with E-state index in [1.165, 1.54) is 0 Å². The van der Waals surface area contributed by atoms with Gasteiger partial charge in [-0.2, -0.15) is 4.98 Å². The van der Waals surface area contributed by atoms with Crippen molar-refractivity contribution in [1.82, 2.24) is 10.1 Å². The lowest BCUT2D eigenvalue weighted by Crippen LogP contribution is -2.36. The second-order valence-electron chi connectivity index (χ2n) is 4.90. The van der Waals surface area contributed by atoms with Crippen LogP contribution in [0.25, 0.3) is 0 Å². The van der Waals surface area contributed by atoms with E-state index in [0.717, 1.165) is 24.2 Å². The maximum atomic E-state index is 6.27. The molecule has 0 unspecified atom stereocenters. The highest BCUT2D eigenvalue weighted by molar-refractivity contribution is 5.29. The topological polar surface area (TPSA) is 74.2 Å². The second-order valence-corrected chi connectivity index (χ2v) is 4.90. The molecule has 0 bridgehead atoms. The van der Waals surface area contributed by atoms with E-state index in [9.17, 15) is 0 Å². The van der Waals surface area contributed by atoms with Crippen molar-refractivity contribution in [2.75, 3.05) is 7.11 Å². The molecule has 5 nitrogen and oxygen atoms in total. The first-order chi connectivity index (χ1) is 9.61. The van der Waals surface area contributed by atoms with Crippen molar-refractivity contribution in [3.8, 4) is 5.75 Å². The highest BCUT2D eigenvalue weighted by Gasteiger charge is 2.28. The molecule has 1 aromatic carbocycles. The Bertz CT molecular complexity index is 562. The molecule has 20 heavy (non-hydrogen) atoms. The van der Waals surface area contributed by atoms with Crippen LogP contribution in [0.2, 0.25) is 0 Å². The van der Waals surface area contributed by atoms with E-state index >= 15 is 0 Å². The minimum Gasteiger partial charge on any atom is -0.497 e. The van der Waals surface area contributed by atoms with Crippen LogP contribution in [-0.2, 0) is 12.0 Å². The molecule has 0 saturated heterocycles. The van der Waals surface area contributed by atoms with Crippen molar-refractivity contribution in [3.05, 3.63) is 41.5 Å². The highest BCUT2D eigenvalue weighted by Crippen LogP contribution is 2.23. The summed E-state index contributed by atoms with van der Waals surface area (Å²) in [6.07, 6.45) is 2.14. The first-order valence-corrected chi connectivity index (χ1v) is 6.86. The van der Waals surface area contributed by atoms with Gasteiger partial charge >= 0.3 is 0 Å². The maximum absolute atomic E-state index is 6.27. The fourth-order valence-electron chi connectivity index (χ4n) is 2.05. The molecule has 108 valence electrons. The van der Waals surface area contributed by atoms with E-state index in [2.05, 4.69) is 10.1 Å². The van der Waals surface area contributed by atoms with Gasteiger partial charge in [-0.05, 0) is 30.5 Å². The molecule has 1 heterocycles. The quantitative estimate of drug-likeness (QED) is 0.877. The van der Waals surface area contributed by atoms with Crippen LogP contribution in [0.15, 0.2) is 28.8 Å². The zero-order valence-electron chi connectivity index (χ0n) is 12.2. The lowest BCUT2D eigenvalue weighted by Gasteiger charge is -2.21. The van der Waals surface area contributed by atoms with Crippen LogP contribution in [0.4, 0.5) is 0 Å². The summed E-state index contributed by atoms with van der Waals surface area (Å²) < 4.78 is 10.5. The number of methoxy groups -OCH3 is 1. The van der Waals surface area contributed by atoms with E-state index in [-0.39, 0.29) is 0 Å². The summed E-state index contributed by atoms with van der Waals surface area (Å²) >= 11 is 0. The predicted octanol–water partition coefficient (Wildman–Crippen LogP) is 2.64. The van der Waals surface area contributed by atoms with Crippen LogP contribution in [0.1, 0.15) is 44.0 Å². The third kappa shape index (κ3) is 2.99. The minimum atomic E-state index is -0.504. The SMILES string of the molecule is CCC(N)(CC)c1noc(Cc2cccc(OC)c2)n1. The van der Waals surface area contributed by atoms with Crippen LogP contribution >= 0.6 is 0 Å². The summed E-state index contributed by atoms with van der Waals surface area (Å²) in [5, 5.41) is 4.03. The number of nitrogens with two attached hydrogens (primary N) is 1. The minimum absolute atomic E-state index is 0.504. The van der Waals surface area contributed by atoms with Gasteiger partial charge in [0, 0.05) is 0 Å². The molecular weight excluding hydrogens is 254 g/mol. The van der Waals surface area contributed by atoms with Crippen molar-refractivity contribution in [1.29, 1.82) is 0 Å². The van der Waals surface area contributed by atoms with Gasteiger partial charge in [-0.15, -0.1) is 0 Å². The Morgan fingerprint density at radius 3 is 2.70 bits per heavy atom. The van der Waals surface area contributed by atoms with Crippen LogP contribution < -0.4 is 10.5 Å². The predicted molar refractivity (Wildman–Crippen MR) is 76.5 cm³/mol.